The van der Waals surface area contributed by atoms with Crippen LogP contribution < -0.4 is 30.5 Å². The van der Waals surface area contributed by atoms with Crippen molar-refractivity contribution >= 4 is 24.9 Å². The number of ether oxygens (including phenoxy) is 2. The van der Waals surface area contributed by atoms with Crippen LogP contribution in [0.2, 0.25) is 5.04 Å². The summed E-state index contributed by atoms with van der Waals surface area (Å²) >= 11 is 0. The monoisotopic (exact) mass is 700 g/mol. The molecule has 3 aliphatic rings. The maximum absolute atomic E-state index is 16.7. The first-order chi connectivity index (χ1) is 23.9. The van der Waals surface area contributed by atoms with E-state index in [2.05, 4.69) is 38.0 Å². The fourth-order valence-electron chi connectivity index (χ4n) is 7.64. The fourth-order valence-corrected chi connectivity index (χ4v) is 12.2. The molecular formula is C40H50F2N4O3Si. The molecule has 3 aromatic carbocycles. The van der Waals surface area contributed by atoms with Crippen LogP contribution in [0.1, 0.15) is 58.2 Å². The highest BCUT2D eigenvalue weighted by molar-refractivity contribution is 6.99. The first-order valence-corrected chi connectivity index (χ1v) is 19.5. The predicted molar refractivity (Wildman–Crippen MR) is 199 cm³/mol. The molecule has 1 saturated heterocycles. The molecule has 0 aromatic heterocycles. The highest BCUT2D eigenvalue weighted by atomic mass is 28.4. The van der Waals surface area contributed by atoms with Crippen molar-refractivity contribution in [3.63, 3.8) is 0 Å². The smallest absolute Gasteiger partial charge is 0.282 e. The molecule has 266 valence electrons. The molecule has 0 radical (unpaired) electrons. The van der Waals surface area contributed by atoms with Gasteiger partial charge in [0, 0.05) is 30.5 Å². The van der Waals surface area contributed by atoms with Gasteiger partial charge in [0.1, 0.15) is 0 Å². The van der Waals surface area contributed by atoms with Gasteiger partial charge in [-0.05, 0) is 71.9 Å². The molecule has 10 heteroatoms. The summed E-state index contributed by atoms with van der Waals surface area (Å²) in [6, 6.07) is 23.2. The maximum atomic E-state index is 16.7. The minimum Gasteiger partial charge on any atom is -0.454 e. The van der Waals surface area contributed by atoms with E-state index in [1.54, 1.807) is 6.21 Å². The van der Waals surface area contributed by atoms with Crippen molar-refractivity contribution < 1.29 is 22.7 Å². The van der Waals surface area contributed by atoms with Gasteiger partial charge in [0.25, 0.3) is 14.2 Å². The lowest BCUT2D eigenvalue weighted by molar-refractivity contribution is -0.0822. The van der Waals surface area contributed by atoms with Gasteiger partial charge in [0.15, 0.2) is 11.5 Å². The summed E-state index contributed by atoms with van der Waals surface area (Å²) in [6.45, 7) is 15.3. The van der Waals surface area contributed by atoms with Crippen LogP contribution in [-0.2, 0) is 10.8 Å². The quantitative estimate of drug-likeness (QED) is 0.170. The van der Waals surface area contributed by atoms with E-state index >= 15 is 8.78 Å². The zero-order valence-electron chi connectivity index (χ0n) is 29.8. The Morgan fingerprint density at radius 1 is 1.06 bits per heavy atom. The van der Waals surface area contributed by atoms with E-state index in [1.165, 1.54) is 0 Å². The molecule has 3 heterocycles. The molecule has 3 aromatic rings. The van der Waals surface area contributed by atoms with Gasteiger partial charge in [-0.3, -0.25) is 9.89 Å². The number of nitrogens with zero attached hydrogens (tertiary/aromatic N) is 2. The Morgan fingerprint density at radius 2 is 1.70 bits per heavy atom. The van der Waals surface area contributed by atoms with Crippen molar-refractivity contribution in [2.75, 3.05) is 33.0 Å². The second-order valence-electron chi connectivity index (χ2n) is 14.7. The summed E-state index contributed by atoms with van der Waals surface area (Å²) in [7, 11) is -3.18. The number of allylic oxidation sites excluding steroid dienone is 2. The first-order valence-electron chi connectivity index (χ1n) is 17.6. The SMILES string of the molecule is C=C(N=C/C(=C\C)N[C@H]1CCNC1)[C@@H]1c2cc3c(cc2C[C@@H](C)N1CC(F)(F)CO[Si](c1ccccc1)(c1ccccc1)C(C)(C)C)OCO3. The molecule has 7 nitrogen and oxygen atoms in total. The van der Waals surface area contributed by atoms with E-state index in [-0.39, 0.29) is 12.8 Å². The lowest BCUT2D eigenvalue weighted by Crippen LogP contribution is -2.67. The van der Waals surface area contributed by atoms with Gasteiger partial charge in [0.2, 0.25) is 6.79 Å². The third-order valence-corrected chi connectivity index (χ3v) is 15.1. The van der Waals surface area contributed by atoms with Gasteiger partial charge in [-0.25, -0.2) is 8.78 Å². The Morgan fingerprint density at radius 3 is 2.28 bits per heavy atom. The second kappa shape index (κ2) is 14.8. The number of benzene rings is 3. The van der Waals surface area contributed by atoms with Crippen molar-refractivity contribution in [3.05, 3.63) is 108 Å². The Hall–Kier alpha value is -3.83. The molecule has 0 spiro atoms. The number of aliphatic imine (C=N–C) groups is 1. The summed E-state index contributed by atoms with van der Waals surface area (Å²) in [5.74, 6) is -1.92. The number of rotatable bonds is 12. The van der Waals surface area contributed by atoms with Gasteiger partial charge in [-0.2, -0.15) is 0 Å². The molecule has 6 rings (SSSR count). The highest BCUT2D eigenvalue weighted by Gasteiger charge is 2.52. The van der Waals surface area contributed by atoms with Crippen LogP contribution >= 0.6 is 0 Å². The standard InChI is InChI=1S/C40H50F2N4O3Si/c1-7-31(45-32-18-19-43-23-32)24-44-29(3)38-35-22-37-36(47-27-48-37)21-30(35)20-28(2)46(38)25-40(41,42)26-49-50(39(4,5)6,33-14-10-8-11-15-33)34-16-12-9-13-17-34/h7-17,21-22,24,28,32,38,43,45H,3,18-20,23,25-27H2,1-2,4-6H3/b31-7+,44-24?/t28-,32+,38-/m1/s1. The van der Waals surface area contributed by atoms with Crippen molar-refractivity contribution in [2.24, 2.45) is 4.99 Å². The van der Waals surface area contributed by atoms with Crippen LogP contribution in [0.3, 0.4) is 0 Å². The molecule has 0 unspecified atom stereocenters. The average Bonchev–Trinajstić information content (AvgIpc) is 3.78. The van der Waals surface area contributed by atoms with E-state index in [9.17, 15) is 0 Å². The maximum Gasteiger partial charge on any atom is 0.282 e. The van der Waals surface area contributed by atoms with E-state index in [4.69, 9.17) is 18.9 Å². The molecular weight excluding hydrogens is 651 g/mol. The zero-order chi connectivity index (χ0) is 35.5. The van der Waals surface area contributed by atoms with Gasteiger partial charge >= 0.3 is 0 Å². The average molecular weight is 701 g/mol. The molecule has 0 bridgehead atoms. The largest absolute Gasteiger partial charge is 0.454 e. The van der Waals surface area contributed by atoms with Crippen molar-refractivity contribution in [1.82, 2.24) is 15.5 Å². The molecule has 1 fully saturated rings. The summed E-state index contributed by atoms with van der Waals surface area (Å²) in [5.41, 5.74) is 3.22. The second-order valence-corrected chi connectivity index (χ2v) is 19.0. The van der Waals surface area contributed by atoms with Crippen LogP contribution in [0.4, 0.5) is 8.78 Å². The molecule has 2 N–H and O–H groups in total. The molecule has 50 heavy (non-hydrogen) atoms. The van der Waals surface area contributed by atoms with Crippen LogP contribution in [0.5, 0.6) is 11.5 Å². The molecule has 0 aliphatic carbocycles. The number of nitrogens with one attached hydrogen (secondary N) is 2. The van der Waals surface area contributed by atoms with Crippen molar-refractivity contribution in [3.8, 4) is 11.5 Å². The summed E-state index contributed by atoms with van der Waals surface area (Å²) < 4.78 is 51.5. The Balaban J connectivity index is 1.31. The van der Waals surface area contributed by atoms with Crippen LogP contribution in [0.15, 0.2) is 102 Å². The van der Waals surface area contributed by atoms with E-state index in [0.29, 0.717) is 29.7 Å². The van der Waals surface area contributed by atoms with Gasteiger partial charge in [0.05, 0.1) is 24.9 Å². The van der Waals surface area contributed by atoms with Gasteiger partial charge in [-0.1, -0.05) is 94.1 Å². The third kappa shape index (κ3) is 7.44. The van der Waals surface area contributed by atoms with Crippen LogP contribution in [-0.4, -0.2) is 70.5 Å². The number of hydrogen-bond donors (Lipinski definition) is 2. The number of alkyl halides is 2. The van der Waals surface area contributed by atoms with E-state index in [0.717, 1.165) is 46.7 Å². The van der Waals surface area contributed by atoms with Crippen molar-refractivity contribution in [1.29, 1.82) is 0 Å². The summed E-state index contributed by atoms with van der Waals surface area (Å²) in [4.78, 5) is 6.65. The van der Waals surface area contributed by atoms with Crippen LogP contribution in [0, 0.1) is 0 Å². The lowest BCUT2D eigenvalue weighted by atomic mass is 9.86. The van der Waals surface area contributed by atoms with E-state index in [1.807, 2.05) is 97.6 Å². The summed E-state index contributed by atoms with van der Waals surface area (Å²) in [6.07, 6.45) is 5.32. The molecule has 3 atom stereocenters. The molecule has 0 saturated carbocycles. The third-order valence-electron chi connectivity index (χ3n) is 10.1. The van der Waals surface area contributed by atoms with E-state index < -0.39 is 38.5 Å². The van der Waals surface area contributed by atoms with Gasteiger partial charge < -0.3 is 24.5 Å². The Labute approximate surface area is 296 Å². The van der Waals surface area contributed by atoms with Crippen LogP contribution in [0.25, 0.3) is 0 Å². The molecule has 0 amide bonds. The minimum atomic E-state index is -3.19. The molecule has 3 aliphatic heterocycles. The number of halogens is 2. The zero-order valence-corrected chi connectivity index (χ0v) is 30.8. The topological polar surface area (TPSA) is 67.4 Å². The van der Waals surface area contributed by atoms with Gasteiger partial charge in [-0.15, -0.1) is 0 Å². The normalized spacial score (nSPS) is 21.4. The van der Waals surface area contributed by atoms with Crippen molar-refractivity contribution in [2.45, 2.75) is 76.5 Å². The number of fused-ring (bicyclic) bond motifs is 2. The predicted octanol–water partition coefficient (Wildman–Crippen LogP) is 6.35. The minimum absolute atomic E-state index is 0.130. The Bertz CT molecular complexity index is 1670. The lowest BCUT2D eigenvalue weighted by Gasteiger charge is -2.45. The first kappa shape index (κ1) is 36.0. The number of hydrogen-bond acceptors (Lipinski definition) is 7. The summed E-state index contributed by atoms with van der Waals surface area (Å²) in [5, 5.41) is 8.40. The Kier molecular flexibility index (Phi) is 10.6. The fraction of sp³-hybridized carbons (Fsp3) is 0.425. The highest BCUT2D eigenvalue weighted by Crippen LogP contribution is 2.45.